The second-order valence-corrected chi connectivity index (χ2v) is 9.82. The van der Waals surface area contributed by atoms with Crippen LogP contribution >= 0.6 is 15.9 Å². The number of H-pyrrole nitrogens is 1. The van der Waals surface area contributed by atoms with Gasteiger partial charge in [-0.05, 0) is 56.1 Å². The van der Waals surface area contributed by atoms with Crippen LogP contribution in [-0.4, -0.2) is 43.3 Å². The molecule has 0 aliphatic heterocycles. The number of ether oxygens (including phenoxy) is 2. The summed E-state index contributed by atoms with van der Waals surface area (Å²) in [6, 6.07) is 0. The van der Waals surface area contributed by atoms with Gasteiger partial charge >= 0.3 is 5.97 Å². The molecule has 150 valence electrons. The molecule has 2 aromatic rings. The maximum absolute atomic E-state index is 12.5. The SMILES string of the molecule is COC(=O)C(OC(C)(C)C)c1c(C)c(NS(C)(=O)=O)c2[nH]c(C)nc2c1Br. The van der Waals surface area contributed by atoms with Gasteiger partial charge in [0.1, 0.15) is 11.3 Å². The summed E-state index contributed by atoms with van der Waals surface area (Å²) >= 11 is 3.52. The number of benzene rings is 1. The lowest BCUT2D eigenvalue weighted by atomic mass is 9.99. The fourth-order valence-corrected chi connectivity index (χ4v) is 4.17. The minimum Gasteiger partial charge on any atom is -0.467 e. The number of carbonyl (C=O) groups excluding carboxylic acids is 1. The molecule has 27 heavy (non-hydrogen) atoms. The monoisotopic (exact) mass is 461 g/mol. The predicted molar refractivity (Wildman–Crippen MR) is 107 cm³/mol. The van der Waals surface area contributed by atoms with Crippen LogP contribution in [0.2, 0.25) is 0 Å². The lowest BCUT2D eigenvalue weighted by Gasteiger charge is -2.28. The first-order valence-electron chi connectivity index (χ1n) is 8.17. The number of fused-ring (bicyclic) bond motifs is 1. The number of methoxy groups -OCH3 is 1. The van der Waals surface area contributed by atoms with Crippen molar-refractivity contribution < 1.29 is 22.7 Å². The molecule has 2 N–H and O–H groups in total. The zero-order valence-electron chi connectivity index (χ0n) is 16.4. The van der Waals surface area contributed by atoms with E-state index in [1.807, 2.05) is 20.8 Å². The second-order valence-electron chi connectivity index (χ2n) is 7.28. The highest BCUT2D eigenvalue weighted by Gasteiger charge is 2.34. The first kappa shape index (κ1) is 21.6. The number of nitrogens with one attached hydrogen (secondary N) is 2. The number of esters is 1. The van der Waals surface area contributed by atoms with Crippen LogP contribution in [0, 0.1) is 13.8 Å². The fraction of sp³-hybridized carbons (Fsp3) is 0.529. The van der Waals surface area contributed by atoms with Gasteiger partial charge in [0, 0.05) is 5.56 Å². The molecule has 1 unspecified atom stereocenters. The topological polar surface area (TPSA) is 110 Å². The average molecular weight is 462 g/mol. The highest BCUT2D eigenvalue weighted by molar-refractivity contribution is 9.10. The van der Waals surface area contributed by atoms with Gasteiger partial charge in [-0.25, -0.2) is 18.2 Å². The van der Waals surface area contributed by atoms with Crippen LogP contribution in [0.25, 0.3) is 11.0 Å². The number of aromatic amines is 1. The van der Waals surface area contributed by atoms with Gasteiger partial charge in [-0.2, -0.15) is 0 Å². The molecule has 1 atom stereocenters. The maximum atomic E-state index is 12.5. The Morgan fingerprint density at radius 2 is 1.89 bits per heavy atom. The summed E-state index contributed by atoms with van der Waals surface area (Å²) in [7, 11) is -2.29. The van der Waals surface area contributed by atoms with E-state index in [-0.39, 0.29) is 0 Å². The van der Waals surface area contributed by atoms with Crippen molar-refractivity contribution in [3.63, 3.8) is 0 Å². The number of aromatic nitrogens is 2. The molecular weight excluding hydrogens is 438 g/mol. The molecule has 8 nitrogen and oxygen atoms in total. The molecule has 0 amide bonds. The fourth-order valence-electron chi connectivity index (χ4n) is 2.76. The van der Waals surface area contributed by atoms with Crippen molar-refractivity contribution in [1.29, 1.82) is 0 Å². The van der Waals surface area contributed by atoms with E-state index < -0.39 is 27.7 Å². The molecule has 2 rings (SSSR count). The maximum Gasteiger partial charge on any atom is 0.339 e. The van der Waals surface area contributed by atoms with E-state index in [4.69, 9.17) is 9.47 Å². The van der Waals surface area contributed by atoms with Gasteiger partial charge in [0.05, 0.1) is 34.6 Å². The molecule has 0 bridgehead atoms. The Labute approximate surface area is 167 Å². The van der Waals surface area contributed by atoms with Crippen LogP contribution in [0.4, 0.5) is 5.69 Å². The molecule has 0 saturated heterocycles. The molecule has 0 saturated carbocycles. The second kappa shape index (κ2) is 7.40. The molecule has 0 fully saturated rings. The van der Waals surface area contributed by atoms with E-state index in [0.29, 0.717) is 38.1 Å². The Bertz CT molecular complexity index is 992. The summed E-state index contributed by atoms with van der Waals surface area (Å²) in [5, 5.41) is 0. The Balaban J connectivity index is 2.87. The number of carbonyl (C=O) groups is 1. The van der Waals surface area contributed by atoms with Crippen LogP contribution in [0.3, 0.4) is 0 Å². The third-order valence-corrected chi connectivity index (χ3v) is 5.11. The highest BCUT2D eigenvalue weighted by atomic mass is 79.9. The highest BCUT2D eigenvalue weighted by Crippen LogP contribution is 2.42. The molecule has 0 aliphatic rings. The summed E-state index contributed by atoms with van der Waals surface area (Å²) in [4.78, 5) is 20.0. The van der Waals surface area contributed by atoms with Crippen molar-refractivity contribution in [3.8, 4) is 0 Å². The van der Waals surface area contributed by atoms with Gasteiger partial charge in [-0.1, -0.05) is 0 Å². The lowest BCUT2D eigenvalue weighted by molar-refractivity contribution is -0.164. The number of imidazole rings is 1. The minimum atomic E-state index is -3.57. The Hall–Kier alpha value is -1.65. The number of halogens is 1. The van der Waals surface area contributed by atoms with Gasteiger partial charge in [-0.15, -0.1) is 0 Å². The largest absolute Gasteiger partial charge is 0.467 e. The third-order valence-electron chi connectivity index (χ3n) is 3.73. The Morgan fingerprint density at radius 1 is 1.30 bits per heavy atom. The van der Waals surface area contributed by atoms with E-state index in [2.05, 4.69) is 30.6 Å². The quantitative estimate of drug-likeness (QED) is 0.660. The molecule has 1 aromatic heterocycles. The molecule has 10 heteroatoms. The van der Waals surface area contributed by atoms with Crippen LogP contribution in [-0.2, 0) is 24.3 Å². The summed E-state index contributed by atoms with van der Waals surface area (Å²) in [6.07, 6.45) is -0.00183. The zero-order chi connectivity index (χ0) is 20.7. The molecule has 0 aliphatic carbocycles. The van der Waals surface area contributed by atoms with Gasteiger partial charge < -0.3 is 14.5 Å². The third kappa shape index (κ3) is 4.80. The number of hydrogen-bond donors (Lipinski definition) is 2. The Kier molecular flexibility index (Phi) is 5.93. The van der Waals surface area contributed by atoms with E-state index in [9.17, 15) is 13.2 Å². The number of anilines is 1. The summed E-state index contributed by atoms with van der Waals surface area (Å²) in [5.41, 5.74) is 1.67. The first-order chi connectivity index (χ1) is 12.2. The molecule has 0 spiro atoms. The van der Waals surface area contributed by atoms with Crippen LogP contribution < -0.4 is 4.72 Å². The molecule has 1 heterocycles. The van der Waals surface area contributed by atoms with Crippen LogP contribution in [0.1, 0.15) is 43.8 Å². The number of sulfonamides is 1. The normalized spacial score (nSPS) is 13.6. The van der Waals surface area contributed by atoms with E-state index in [1.54, 1.807) is 13.8 Å². The molecule has 1 aromatic carbocycles. The van der Waals surface area contributed by atoms with Crippen LogP contribution in [0.5, 0.6) is 0 Å². The van der Waals surface area contributed by atoms with Crippen molar-refractivity contribution in [3.05, 3.63) is 21.4 Å². The lowest BCUT2D eigenvalue weighted by Crippen LogP contribution is -2.29. The number of nitrogens with zero attached hydrogens (tertiary/aromatic N) is 1. The van der Waals surface area contributed by atoms with Crippen LogP contribution in [0.15, 0.2) is 4.47 Å². The first-order valence-corrected chi connectivity index (χ1v) is 10.8. The minimum absolute atomic E-state index is 0.317. The summed E-state index contributed by atoms with van der Waals surface area (Å²) < 4.78 is 37.8. The van der Waals surface area contributed by atoms with Gasteiger partial charge in [0.25, 0.3) is 0 Å². The van der Waals surface area contributed by atoms with E-state index >= 15 is 0 Å². The standard InChI is InChI=1S/C17H24BrN3O5S/c1-8-10(15(16(22)25-6)26-17(3,4)5)11(18)13-14(20-9(2)19-13)12(8)21-27(7,23)24/h15,21H,1-7H3,(H,19,20). The Morgan fingerprint density at radius 3 is 2.37 bits per heavy atom. The van der Waals surface area contributed by atoms with Crippen molar-refractivity contribution in [2.24, 2.45) is 0 Å². The van der Waals surface area contributed by atoms with Crippen molar-refractivity contribution >= 4 is 48.6 Å². The van der Waals surface area contributed by atoms with Crippen molar-refractivity contribution in [2.75, 3.05) is 18.1 Å². The van der Waals surface area contributed by atoms with Crippen molar-refractivity contribution in [2.45, 2.75) is 46.3 Å². The van der Waals surface area contributed by atoms with E-state index in [0.717, 1.165) is 6.26 Å². The van der Waals surface area contributed by atoms with Crippen molar-refractivity contribution in [1.82, 2.24) is 9.97 Å². The van der Waals surface area contributed by atoms with Gasteiger partial charge in [0.2, 0.25) is 10.0 Å². The summed E-state index contributed by atoms with van der Waals surface area (Å²) in [5.74, 6) is 0.01000. The zero-order valence-corrected chi connectivity index (χ0v) is 18.8. The summed E-state index contributed by atoms with van der Waals surface area (Å²) in [6.45, 7) is 8.93. The molecule has 0 radical (unpaired) electrons. The van der Waals surface area contributed by atoms with Gasteiger partial charge in [0.15, 0.2) is 6.10 Å². The smallest absolute Gasteiger partial charge is 0.339 e. The average Bonchev–Trinajstić information content (AvgIpc) is 2.89. The van der Waals surface area contributed by atoms with Gasteiger partial charge in [-0.3, -0.25) is 4.72 Å². The number of hydrogen-bond acceptors (Lipinski definition) is 6. The predicted octanol–water partition coefficient (Wildman–Crippen LogP) is 3.34. The molecular formula is C17H24BrN3O5S. The number of aryl methyl sites for hydroxylation is 1. The van der Waals surface area contributed by atoms with E-state index in [1.165, 1.54) is 7.11 Å². The number of rotatable bonds is 5.